The van der Waals surface area contributed by atoms with Gasteiger partial charge in [-0.15, -0.1) is 0 Å². The van der Waals surface area contributed by atoms with Gasteiger partial charge >= 0.3 is 0 Å². The van der Waals surface area contributed by atoms with Gasteiger partial charge in [-0.3, -0.25) is 0 Å². The van der Waals surface area contributed by atoms with E-state index in [-0.39, 0.29) is 18.6 Å². The van der Waals surface area contributed by atoms with Gasteiger partial charge in [-0.1, -0.05) is 57.5 Å². The molecule has 0 radical (unpaired) electrons. The minimum absolute atomic E-state index is 0.152. The second kappa shape index (κ2) is 9.11. The summed E-state index contributed by atoms with van der Waals surface area (Å²) in [6.45, 7) is 7.43. The van der Waals surface area contributed by atoms with E-state index in [1.54, 1.807) is 0 Å². The Morgan fingerprint density at radius 1 is 1.11 bits per heavy atom. The number of hydrogen-bond donors (Lipinski definition) is 1. The fraction of sp³-hybridized carbons (Fsp3) is 0.647. The minimum Gasteiger partial charge on any atom is -0.396 e. The van der Waals surface area contributed by atoms with Crippen molar-refractivity contribution in [3.05, 3.63) is 35.9 Å². The van der Waals surface area contributed by atoms with Gasteiger partial charge in [0.05, 0.1) is 12.7 Å². The maximum absolute atomic E-state index is 9.59. The van der Waals surface area contributed by atoms with Crippen LogP contribution in [-0.2, 0) is 11.3 Å². The van der Waals surface area contributed by atoms with Crippen LogP contribution in [0.15, 0.2) is 30.3 Å². The molecule has 1 rings (SSSR count). The van der Waals surface area contributed by atoms with Crippen LogP contribution in [0.3, 0.4) is 0 Å². The third-order valence-electron chi connectivity index (χ3n) is 3.87. The van der Waals surface area contributed by atoms with E-state index >= 15 is 0 Å². The van der Waals surface area contributed by atoms with Gasteiger partial charge in [0.1, 0.15) is 0 Å². The maximum atomic E-state index is 9.59. The maximum Gasteiger partial charge on any atom is 0.0720 e. The molecule has 0 amide bonds. The Bertz CT molecular complexity index is 323. The standard InChI is InChI=1S/C17H28O2/c1-4-14(3)11-16(12-18)17(5-2)19-13-15-9-7-6-8-10-15/h6-10,14,16-18H,4-5,11-13H2,1-3H3/t14-,16-,17+/m0/s1. The third kappa shape index (κ3) is 5.75. The first-order chi connectivity index (χ1) is 9.21. The van der Waals surface area contributed by atoms with Gasteiger partial charge in [0.15, 0.2) is 0 Å². The zero-order chi connectivity index (χ0) is 14.1. The smallest absolute Gasteiger partial charge is 0.0720 e. The lowest BCUT2D eigenvalue weighted by atomic mass is 9.89. The van der Waals surface area contributed by atoms with Crippen LogP contribution >= 0.6 is 0 Å². The average Bonchev–Trinajstić information content (AvgIpc) is 2.47. The lowest BCUT2D eigenvalue weighted by Gasteiger charge is -2.27. The van der Waals surface area contributed by atoms with E-state index in [2.05, 4.69) is 32.9 Å². The zero-order valence-corrected chi connectivity index (χ0v) is 12.5. The van der Waals surface area contributed by atoms with Gasteiger partial charge in [-0.2, -0.15) is 0 Å². The number of ether oxygens (including phenoxy) is 1. The topological polar surface area (TPSA) is 29.5 Å². The Balaban J connectivity index is 2.50. The lowest BCUT2D eigenvalue weighted by molar-refractivity contribution is -0.0254. The number of benzene rings is 1. The molecule has 0 heterocycles. The Morgan fingerprint density at radius 2 is 1.79 bits per heavy atom. The van der Waals surface area contributed by atoms with Crippen molar-refractivity contribution < 1.29 is 9.84 Å². The van der Waals surface area contributed by atoms with Crippen molar-refractivity contribution >= 4 is 0 Å². The van der Waals surface area contributed by atoms with Crippen LogP contribution < -0.4 is 0 Å². The first kappa shape index (κ1) is 16.2. The number of aliphatic hydroxyl groups is 1. The highest BCUT2D eigenvalue weighted by Crippen LogP contribution is 2.22. The molecule has 0 aliphatic rings. The summed E-state index contributed by atoms with van der Waals surface area (Å²) in [5, 5.41) is 9.59. The van der Waals surface area contributed by atoms with Crippen LogP contribution in [0.5, 0.6) is 0 Å². The van der Waals surface area contributed by atoms with Crippen molar-refractivity contribution in [3.8, 4) is 0 Å². The van der Waals surface area contributed by atoms with Crippen LogP contribution in [0, 0.1) is 11.8 Å². The second-order valence-corrected chi connectivity index (χ2v) is 5.44. The van der Waals surface area contributed by atoms with E-state index in [1.807, 2.05) is 18.2 Å². The molecular weight excluding hydrogens is 236 g/mol. The molecule has 0 saturated heterocycles. The lowest BCUT2D eigenvalue weighted by Crippen LogP contribution is -2.28. The highest BCUT2D eigenvalue weighted by atomic mass is 16.5. The highest BCUT2D eigenvalue weighted by Gasteiger charge is 2.21. The Kier molecular flexibility index (Phi) is 7.76. The van der Waals surface area contributed by atoms with Gasteiger partial charge in [-0.25, -0.2) is 0 Å². The summed E-state index contributed by atoms with van der Waals surface area (Å²) in [5.74, 6) is 0.898. The molecule has 2 heteroatoms. The second-order valence-electron chi connectivity index (χ2n) is 5.44. The van der Waals surface area contributed by atoms with Crippen molar-refractivity contribution in [1.29, 1.82) is 0 Å². The van der Waals surface area contributed by atoms with Gasteiger partial charge in [0, 0.05) is 12.5 Å². The van der Waals surface area contributed by atoms with Crippen molar-refractivity contribution in [3.63, 3.8) is 0 Å². The molecule has 2 nitrogen and oxygen atoms in total. The first-order valence-electron chi connectivity index (χ1n) is 7.47. The van der Waals surface area contributed by atoms with E-state index in [9.17, 15) is 5.11 Å². The third-order valence-corrected chi connectivity index (χ3v) is 3.87. The van der Waals surface area contributed by atoms with E-state index < -0.39 is 0 Å². The first-order valence-corrected chi connectivity index (χ1v) is 7.47. The summed E-state index contributed by atoms with van der Waals surface area (Å²) < 4.78 is 6.02. The van der Waals surface area contributed by atoms with E-state index in [0.717, 1.165) is 19.3 Å². The summed E-state index contributed by atoms with van der Waals surface area (Å²) in [6.07, 6.45) is 3.31. The van der Waals surface area contributed by atoms with Crippen molar-refractivity contribution in [2.24, 2.45) is 11.8 Å². The molecule has 1 aromatic carbocycles. The Morgan fingerprint density at radius 3 is 2.32 bits per heavy atom. The molecule has 108 valence electrons. The molecule has 0 aliphatic heterocycles. The van der Waals surface area contributed by atoms with E-state index in [1.165, 1.54) is 5.56 Å². The zero-order valence-electron chi connectivity index (χ0n) is 12.5. The summed E-state index contributed by atoms with van der Waals surface area (Å²) in [5.41, 5.74) is 1.20. The van der Waals surface area contributed by atoms with Gasteiger partial charge in [-0.05, 0) is 24.3 Å². The molecule has 0 unspecified atom stereocenters. The van der Waals surface area contributed by atoms with E-state index in [0.29, 0.717) is 12.5 Å². The fourth-order valence-electron chi connectivity index (χ4n) is 2.39. The molecule has 0 aromatic heterocycles. The largest absolute Gasteiger partial charge is 0.396 e. The Labute approximate surface area is 117 Å². The molecule has 19 heavy (non-hydrogen) atoms. The van der Waals surface area contributed by atoms with Crippen LogP contribution in [-0.4, -0.2) is 17.8 Å². The molecular formula is C17H28O2. The number of aliphatic hydroxyl groups excluding tert-OH is 1. The summed E-state index contributed by atoms with van der Waals surface area (Å²) >= 11 is 0. The minimum atomic E-state index is 0.152. The monoisotopic (exact) mass is 264 g/mol. The number of rotatable bonds is 9. The summed E-state index contributed by atoms with van der Waals surface area (Å²) in [7, 11) is 0. The molecule has 0 fully saturated rings. The van der Waals surface area contributed by atoms with E-state index in [4.69, 9.17) is 4.74 Å². The van der Waals surface area contributed by atoms with Crippen LogP contribution in [0.2, 0.25) is 0 Å². The van der Waals surface area contributed by atoms with Crippen molar-refractivity contribution in [2.45, 2.75) is 52.7 Å². The highest BCUT2D eigenvalue weighted by molar-refractivity contribution is 5.13. The van der Waals surface area contributed by atoms with Gasteiger partial charge < -0.3 is 9.84 Å². The summed E-state index contributed by atoms with van der Waals surface area (Å²) in [4.78, 5) is 0. The molecule has 1 aromatic rings. The van der Waals surface area contributed by atoms with Gasteiger partial charge in [0.25, 0.3) is 0 Å². The normalized spacial score (nSPS) is 16.0. The average molecular weight is 264 g/mol. The van der Waals surface area contributed by atoms with Crippen LogP contribution in [0.25, 0.3) is 0 Å². The fourth-order valence-corrected chi connectivity index (χ4v) is 2.39. The SMILES string of the molecule is CC[C@H](C)C[C@@H](CO)[C@@H](CC)OCc1ccccc1. The Hall–Kier alpha value is -0.860. The van der Waals surface area contributed by atoms with Crippen LogP contribution in [0.4, 0.5) is 0 Å². The predicted molar refractivity (Wildman–Crippen MR) is 80.0 cm³/mol. The molecule has 3 atom stereocenters. The van der Waals surface area contributed by atoms with Crippen molar-refractivity contribution in [2.75, 3.05) is 6.61 Å². The molecule has 0 saturated carbocycles. The summed E-state index contributed by atoms with van der Waals surface area (Å²) in [6, 6.07) is 10.2. The molecule has 0 bridgehead atoms. The van der Waals surface area contributed by atoms with Crippen molar-refractivity contribution in [1.82, 2.24) is 0 Å². The van der Waals surface area contributed by atoms with Gasteiger partial charge in [0.2, 0.25) is 0 Å². The van der Waals surface area contributed by atoms with Crippen LogP contribution in [0.1, 0.15) is 45.6 Å². The number of hydrogen-bond acceptors (Lipinski definition) is 2. The molecule has 0 spiro atoms. The predicted octanol–water partition coefficient (Wildman–Crippen LogP) is 4.03. The molecule has 1 N–H and O–H groups in total. The quantitative estimate of drug-likeness (QED) is 0.730. The molecule has 0 aliphatic carbocycles.